The summed E-state index contributed by atoms with van der Waals surface area (Å²) in [4.78, 5) is 11.2. The molecule has 0 fully saturated rings. The van der Waals surface area contributed by atoms with Gasteiger partial charge < -0.3 is 5.32 Å². The molecule has 0 saturated heterocycles. The Balaban J connectivity index is 3.03. The lowest BCUT2D eigenvalue weighted by molar-refractivity contribution is -0.105. The molecule has 1 aromatic rings. The van der Waals surface area contributed by atoms with Crippen molar-refractivity contribution in [2.45, 2.75) is 4.90 Å². The highest BCUT2D eigenvalue weighted by molar-refractivity contribution is 7.98. The summed E-state index contributed by atoms with van der Waals surface area (Å²) in [6.45, 7) is 0. The summed E-state index contributed by atoms with van der Waals surface area (Å²) in [7, 11) is 0. The maximum atomic E-state index is 10.2. The Morgan fingerprint density at radius 3 is 2.92 bits per heavy atom. The molecule has 0 aliphatic rings. The number of rotatable bonds is 3. The first kappa shape index (κ1) is 9.42. The van der Waals surface area contributed by atoms with Crippen LogP contribution < -0.4 is 5.32 Å². The lowest BCUT2D eigenvalue weighted by atomic mass is 10.3. The van der Waals surface area contributed by atoms with Gasteiger partial charge in [0.2, 0.25) is 6.41 Å². The van der Waals surface area contributed by atoms with E-state index >= 15 is 0 Å². The highest BCUT2D eigenvalue weighted by atomic mass is 35.5. The van der Waals surface area contributed by atoms with Crippen LogP contribution in [0, 0.1) is 0 Å². The van der Waals surface area contributed by atoms with E-state index in [1.807, 2.05) is 12.3 Å². The fraction of sp³-hybridized carbons (Fsp3) is 0.125. The van der Waals surface area contributed by atoms with Crippen LogP contribution in [0.2, 0.25) is 5.02 Å². The number of carbonyl (C=O) groups excluding carboxylic acids is 1. The van der Waals surface area contributed by atoms with Crippen molar-refractivity contribution in [2.75, 3.05) is 11.6 Å². The number of amides is 1. The Kier molecular flexibility index (Phi) is 3.44. The van der Waals surface area contributed by atoms with Gasteiger partial charge in [-0.2, -0.15) is 0 Å². The minimum atomic E-state index is 0.622. The van der Waals surface area contributed by atoms with Gasteiger partial charge in [-0.05, 0) is 24.5 Å². The van der Waals surface area contributed by atoms with E-state index in [0.29, 0.717) is 11.4 Å². The third-order valence-electron chi connectivity index (χ3n) is 1.38. The van der Waals surface area contributed by atoms with E-state index in [2.05, 4.69) is 5.32 Å². The van der Waals surface area contributed by atoms with Crippen molar-refractivity contribution >= 4 is 35.5 Å². The van der Waals surface area contributed by atoms with Crippen molar-refractivity contribution in [2.24, 2.45) is 0 Å². The molecule has 0 radical (unpaired) electrons. The predicted molar refractivity (Wildman–Crippen MR) is 52.9 cm³/mol. The smallest absolute Gasteiger partial charge is 0.211 e. The van der Waals surface area contributed by atoms with Gasteiger partial charge >= 0.3 is 0 Å². The molecule has 12 heavy (non-hydrogen) atoms. The van der Waals surface area contributed by atoms with Crippen LogP contribution in [0.25, 0.3) is 0 Å². The largest absolute Gasteiger partial charge is 0.328 e. The lowest BCUT2D eigenvalue weighted by Crippen LogP contribution is -1.95. The second kappa shape index (κ2) is 4.38. The molecule has 0 unspecified atom stereocenters. The van der Waals surface area contributed by atoms with Crippen molar-refractivity contribution in [3.8, 4) is 0 Å². The van der Waals surface area contributed by atoms with E-state index in [1.165, 1.54) is 0 Å². The van der Waals surface area contributed by atoms with E-state index in [-0.39, 0.29) is 0 Å². The quantitative estimate of drug-likeness (QED) is 0.602. The van der Waals surface area contributed by atoms with Crippen molar-refractivity contribution < 1.29 is 4.79 Å². The first-order valence-electron chi connectivity index (χ1n) is 3.31. The number of benzene rings is 1. The highest BCUT2D eigenvalue weighted by Crippen LogP contribution is 2.27. The monoisotopic (exact) mass is 201 g/mol. The van der Waals surface area contributed by atoms with Crippen LogP contribution in [0.1, 0.15) is 0 Å². The van der Waals surface area contributed by atoms with E-state index in [9.17, 15) is 4.79 Å². The van der Waals surface area contributed by atoms with Gasteiger partial charge in [0.05, 0.1) is 5.69 Å². The number of hydrogen-bond donors (Lipinski definition) is 1. The Labute approximate surface area is 80.3 Å². The molecule has 0 aromatic heterocycles. The molecule has 0 spiro atoms. The SMILES string of the molecule is CSc1ccc(Cl)cc1NC=O. The van der Waals surface area contributed by atoms with E-state index in [0.717, 1.165) is 10.6 Å². The molecule has 0 bridgehead atoms. The number of thioether (sulfide) groups is 1. The van der Waals surface area contributed by atoms with Gasteiger partial charge in [-0.1, -0.05) is 11.6 Å². The van der Waals surface area contributed by atoms with Crippen LogP contribution in [0.5, 0.6) is 0 Å². The molecule has 0 saturated carbocycles. The second-order valence-electron chi connectivity index (χ2n) is 2.11. The van der Waals surface area contributed by atoms with Gasteiger partial charge in [0.1, 0.15) is 0 Å². The predicted octanol–water partition coefficient (Wildman–Crippen LogP) is 2.63. The first-order chi connectivity index (χ1) is 5.77. The molecule has 4 heteroatoms. The average Bonchev–Trinajstić information content (AvgIpc) is 2.05. The topological polar surface area (TPSA) is 29.1 Å². The summed E-state index contributed by atoms with van der Waals surface area (Å²) >= 11 is 7.31. The normalized spacial score (nSPS) is 9.50. The van der Waals surface area contributed by atoms with E-state index in [4.69, 9.17) is 11.6 Å². The molecule has 1 N–H and O–H groups in total. The van der Waals surface area contributed by atoms with Gasteiger partial charge in [0.25, 0.3) is 0 Å². The van der Waals surface area contributed by atoms with Crippen LogP contribution in [-0.2, 0) is 4.79 Å². The molecule has 2 nitrogen and oxygen atoms in total. The maximum absolute atomic E-state index is 10.2. The molecule has 1 rings (SSSR count). The fourth-order valence-electron chi connectivity index (χ4n) is 0.856. The van der Waals surface area contributed by atoms with E-state index in [1.54, 1.807) is 23.9 Å². The average molecular weight is 202 g/mol. The molecule has 64 valence electrons. The van der Waals surface area contributed by atoms with Crippen LogP contribution >= 0.6 is 23.4 Å². The van der Waals surface area contributed by atoms with Crippen molar-refractivity contribution in [1.82, 2.24) is 0 Å². The molecular weight excluding hydrogens is 194 g/mol. The summed E-state index contributed by atoms with van der Waals surface area (Å²) in [5, 5.41) is 3.20. The van der Waals surface area contributed by atoms with Gasteiger partial charge in [-0.3, -0.25) is 4.79 Å². The van der Waals surface area contributed by atoms with Crippen LogP contribution in [0.4, 0.5) is 5.69 Å². The van der Waals surface area contributed by atoms with Crippen molar-refractivity contribution in [3.63, 3.8) is 0 Å². The van der Waals surface area contributed by atoms with Crippen LogP contribution in [0.15, 0.2) is 23.1 Å². The molecule has 1 amide bonds. The van der Waals surface area contributed by atoms with Gasteiger partial charge in [-0.15, -0.1) is 11.8 Å². The van der Waals surface area contributed by atoms with Crippen LogP contribution in [0.3, 0.4) is 0 Å². The molecule has 1 aromatic carbocycles. The van der Waals surface area contributed by atoms with Crippen molar-refractivity contribution in [3.05, 3.63) is 23.2 Å². The van der Waals surface area contributed by atoms with Gasteiger partial charge in [0, 0.05) is 9.92 Å². The minimum absolute atomic E-state index is 0.622. The number of carbonyl (C=O) groups is 1. The fourth-order valence-corrected chi connectivity index (χ4v) is 1.57. The Hall–Kier alpha value is -0.670. The zero-order valence-electron chi connectivity index (χ0n) is 6.50. The Morgan fingerprint density at radius 1 is 1.58 bits per heavy atom. The maximum Gasteiger partial charge on any atom is 0.211 e. The summed E-state index contributed by atoms with van der Waals surface area (Å²) in [5.41, 5.74) is 0.755. The standard InChI is InChI=1S/C8H8ClNOS/c1-12-8-3-2-6(9)4-7(8)10-5-11/h2-5H,1H3,(H,10,11). The zero-order valence-corrected chi connectivity index (χ0v) is 8.08. The second-order valence-corrected chi connectivity index (χ2v) is 3.39. The molecule has 0 atom stereocenters. The van der Waals surface area contributed by atoms with Gasteiger partial charge in [-0.25, -0.2) is 0 Å². The minimum Gasteiger partial charge on any atom is -0.328 e. The summed E-state index contributed by atoms with van der Waals surface area (Å²) in [6, 6.07) is 5.39. The molecule has 0 aliphatic carbocycles. The third-order valence-corrected chi connectivity index (χ3v) is 2.41. The number of halogens is 1. The number of hydrogen-bond acceptors (Lipinski definition) is 2. The summed E-state index contributed by atoms with van der Waals surface area (Å²) in [5.74, 6) is 0. The third kappa shape index (κ3) is 2.16. The van der Waals surface area contributed by atoms with Gasteiger partial charge in [0.15, 0.2) is 0 Å². The zero-order chi connectivity index (χ0) is 8.97. The molecule has 0 aliphatic heterocycles. The Morgan fingerprint density at radius 2 is 2.33 bits per heavy atom. The molecule has 0 heterocycles. The lowest BCUT2D eigenvalue weighted by Gasteiger charge is -2.04. The highest BCUT2D eigenvalue weighted by Gasteiger charge is 2.00. The Bertz CT molecular complexity index is 290. The summed E-state index contributed by atoms with van der Waals surface area (Å²) < 4.78 is 0. The number of nitrogens with one attached hydrogen (secondary N) is 1. The molecular formula is C8H8ClNOS. The number of anilines is 1. The summed E-state index contributed by atoms with van der Waals surface area (Å²) in [6.07, 6.45) is 2.59. The van der Waals surface area contributed by atoms with E-state index < -0.39 is 0 Å². The van der Waals surface area contributed by atoms with Crippen LogP contribution in [-0.4, -0.2) is 12.7 Å². The van der Waals surface area contributed by atoms with Crippen molar-refractivity contribution in [1.29, 1.82) is 0 Å². The first-order valence-corrected chi connectivity index (χ1v) is 4.92.